The van der Waals surface area contributed by atoms with Crippen molar-refractivity contribution in [3.05, 3.63) is 42.4 Å². The number of pyridine rings is 2. The summed E-state index contributed by atoms with van der Waals surface area (Å²) in [6, 6.07) is 8.27. The number of fused-ring (bicyclic) bond motifs is 1. The van der Waals surface area contributed by atoms with E-state index < -0.39 is 5.41 Å². The highest BCUT2D eigenvalue weighted by Gasteiger charge is 2.49. The van der Waals surface area contributed by atoms with Crippen molar-refractivity contribution in [1.82, 2.24) is 24.4 Å². The van der Waals surface area contributed by atoms with Gasteiger partial charge in [0.25, 0.3) is 0 Å². The van der Waals surface area contributed by atoms with E-state index in [9.17, 15) is 10.1 Å². The van der Waals surface area contributed by atoms with Crippen molar-refractivity contribution in [1.29, 1.82) is 5.26 Å². The van der Waals surface area contributed by atoms with Crippen LogP contribution in [0.3, 0.4) is 0 Å². The predicted molar refractivity (Wildman–Crippen MR) is 164 cm³/mol. The van der Waals surface area contributed by atoms with Gasteiger partial charge < -0.3 is 20.3 Å². The molecule has 5 heterocycles. The third kappa shape index (κ3) is 5.94. The molecule has 1 amide bonds. The summed E-state index contributed by atoms with van der Waals surface area (Å²) in [7, 11) is 0. The van der Waals surface area contributed by atoms with Crippen LogP contribution in [0, 0.1) is 28.6 Å². The van der Waals surface area contributed by atoms with Crippen LogP contribution in [0.4, 0.5) is 5.82 Å². The molecule has 2 aliphatic heterocycles. The Kier molecular flexibility index (Phi) is 8.99. The summed E-state index contributed by atoms with van der Waals surface area (Å²) in [6.45, 7) is 16.4. The molecule has 10 nitrogen and oxygen atoms in total. The molecule has 0 radical (unpaired) electrons. The molecule has 2 saturated heterocycles. The minimum Gasteiger partial charge on any atom is -0.492 e. The zero-order chi connectivity index (χ0) is 29.9. The van der Waals surface area contributed by atoms with E-state index in [0.717, 1.165) is 87.7 Å². The van der Waals surface area contributed by atoms with Crippen molar-refractivity contribution in [3.8, 4) is 22.9 Å². The van der Waals surface area contributed by atoms with Gasteiger partial charge in [0.05, 0.1) is 35.5 Å². The maximum absolute atomic E-state index is 13.2. The average molecular weight is 573 g/mol. The number of anilines is 1. The first-order valence-electron chi connectivity index (χ1n) is 15.3. The Morgan fingerprint density at radius 1 is 1.17 bits per heavy atom. The monoisotopic (exact) mass is 572 g/mol. The molecule has 0 spiro atoms. The summed E-state index contributed by atoms with van der Waals surface area (Å²) < 4.78 is 7.46. The summed E-state index contributed by atoms with van der Waals surface area (Å²) in [4.78, 5) is 25.3. The molecule has 224 valence electrons. The van der Waals surface area contributed by atoms with Crippen LogP contribution >= 0.6 is 0 Å². The molecular weight excluding hydrogens is 528 g/mol. The lowest BCUT2D eigenvalue weighted by molar-refractivity contribution is -0.134. The highest BCUT2D eigenvalue weighted by Crippen LogP contribution is 2.42. The molecule has 0 saturated carbocycles. The fourth-order valence-electron chi connectivity index (χ4n) is 6.80. The Morgan fingerprint density at radius 3 is 2.55 bits per heavy atom. The second-order valence-corrected chi connectivity index (χ2v) is 12.1. The van der Waals surface area contributed by atoms with Crippen molar-refractivity contribution in [2.75, 3.05) is 63.9 Å². The predicted octanol–water partition coefficient (Wildman–Crippen LogP) is 3.65. The number of piperidine rings is 1. The van der Waals surface area contributed by atoms with Crippen LogP contribution in [-0.2, 0) is 4.79 Å². The molecule has 2 aliphatic rings. The number of carbonyl (C=O) groups is 1. The van der Waals surface area contributed by atoms with Crippen LogP contribution in [-0.4, -0.2) is 89.3 Å². The molecule has 2 unspecified atom stereocenters. The van der Waals surface area contributed by atoms with E-state index in [-0.39, 0.29) is 11.8 Å². The largest absolute Gasteiger partial charge is 0.492 e. The topological polar surface area (TPSA) is 116 Å². The summed E-state index contributed by atoms with van der Waals surface area (Å²) in [6.07, 6.45) is 6.88. The van der Waals surface area contributed by atoms with Gasteiger partial charge in [0.15, 0.2) is 0 Å². The first-order chi connectivity index (χ1) is 20.3. The fraction of sp³-hybridized carbons (Fsp3) is 0.562. The van der Waals surface area contributed by atoms with Gasteiger partial charge in [-0.25, -0.2) is 9.50 Å². The molecule has 2 fully saturated rings. The normalized spacial score (nSPS) is 22.0. The van der Waals surface area contributed by atoms with E-state index >= 15 is 0 Å². The molecule has 0 aliphatic carbocycles. The van der Waals surface area contributed by atoms with Gasteiger partial charge in [-0.05, 0) is 56.3 Å². The maximum atomic E-state index is 13.2. The van der Waals surface area contributed by atoms with Crippen LogP contribution < -0.4 is 15.4 Å². The number of hydrogen-bond donors (Lipinski definition) is 1. The Bertz CT molecular complexity index is 1420. The van der Waals surface area contributed by atoms with E-state index in [1.165, 1.54) is 0 Å². The highest BCUT2D eigenvalue weighted by atomic mass is 16.5. The van der Waals surface area contributed by atoms with Crippen molar-refractivity contribution < 1.29 is 9.53 Å². The number of primary amides is 1. The molecule has 42 heavy (non-hydrogen) atoms. The highest BCUT2D eigenvalue weighted by molar-refractivity contribution is 5.85. The molecule has 0 aromatic carbocycles. The minimum absolute atomic E-state index is 0.141. The van der Waals surface area contributed by atoms with Crippen LogP contribution in [0.1, 0.15) is 46.1 Å². The van der Waals surface area contributed by atoms with Gasteiger partial charge >= 0.3 is 0 Å². The number of likely N-dealkylation sites (N-methyl/N-ethyl adjacent to an activating group) is 1. The first kappa shape index (κ1) is 29.8. The Hall–Kier alpha value is -3.68. The second kappa shape index (κ2) is 12.7. The summed E-state index contributed by atoms with van der Waals surface area (Å²) >= 11 is 0. The zero-order valence-electron chi connectivity index (χ0n) is 25.4. The number of amides is 1. The molecule has 0 bridgehead atoms. The number of rotatable bonds is 10. The third-order valence-electron chi connectivity index (χ3n) is 9.12. The van der Waals surface area contributed by atoms with Gasteiger partial charge in [-0.2, -0.15) is 10.4 Å². The van der Waals surface area contributed by atoms with E-state index in [1.54, 1.807) is 16.9 Å². The van der Waals surface area contributed by atoms with E-state index in [0.29, 0.717) is 23.8 Å². The summed E-state index contributed by atoms with van der Waals surface area (Å²) in [5, 5.41) is 14.0. The maximum Gasteiger partial charge on any atom is 0.225 e. The minimum atomic E-state index is -0.546. The van der Waals surface area contributed by atoms with Gasteiger partial charge in [-0.3, -0.25) is 9.69 Å². The SMILES string of the molecule is CCOc1cc(-c2ccc(N3CCC(CN4CCN(CC)CC4)(C(N)=O)C(CC(C)C)C3)nc2)c2c(C#N)cnn2c1. The smallest absolute Gasteiger partial charge is 0.225 e. The molecule has 2 N–H and O–H groups in total. The van der Waals surface area contributed by atoms with E-state index in [1.807, 2.05) is 31.3 Å². The summed E-state index contributed by atoms with van der Waals surface area (Å²) in [5.74, 6) is 1.99. The zero-order valence-corrected chi connectivity index (χ0v) is 25.4. The Morgan fingerprint density at radius 2 is 1.93 bits per heavy atom. The van der Waals surface area contributed by atoms with E-state index in [2.05, 4.69) is 46.6 Å². The lowest BCUT2D eigenvalue weighted by Gasteiger charge is -2.49. The molecule has 2 atom stereocenters. The Balaban J connectivity index is 1.40. The first-order valence-corrected chi connectivity index (χ1v) is 15.3. The van der Waals surface area contributed by atoms with Crippen LogP contribution in [0.5, 0.6) is 5.75 Å². The van der Waals surface area contributed by atoms with E-state index in [4.69, 9.17) is 15.5 Å². The summed E-state index contributed by atoms with van der Waals surface area (Å²) in [5.41, 5.74) is 8.67. The molecular formula is C32H44N8O2. The van der Waals surface area contributed by atoms with Crippen molar-refractivity contribution in [3.63, 3.8) is 0 Å². The van der Waals surface area contributed by atoms with Gasteiger partial charge in [-0.1, -0.05) is 20.8 Å². The average Bonchev–Trinajstić information content (AvgIpc) is 3.41. The van der Waals surface area contributed by atoms with Gasteiger partial charge in [0, 0.05) is 63.1 Å². The number of nitrogens with two attached hydrogens (primary N) is 1. The molecule has 3 aromatic heterocycles. The van der Waals surface area contributed by atoms with Crippen LogP contribution in [0.25, 0.3) is 16.6 Å². The fourth-order valence-corrected chi connectivity index (χ4v) is 6.80. The van der Waals surface area contributed by atoms with Gasteiger partial charge in [0.1, 0.15) is 17.6 Å². The molecule has 3 aromatic rings. The lowest BCUT2D eigenvalue weighted by Crippen LogP contribution is -2.60. The van der Waals surface area contributed by atoms with Gasteiger partial charge in [0.2, 0.25) is 5.91 Å². The van der Waals surface area contributed by atoms with Gasteiger partial charge in [-0.15, -0.1) is 0 Å². The van der Waals surface area contributed by atoms with Crippen molar-refractivity contribution >= 4 is 17.2 Å². The number of carbonyl (C=O) groups excluding carboxylic acids is 1. The quantitative estimate of drug-likeness (QED) is 0.392. The third-order valence-corrected chi connectivity index (χ3v) is 9.12. The van der Waals surface area contributed by atoms with Crippen molar-refractivity contribution in [2.45, 2.75) is 40.5 Å². The number of hydrogen-bond acceptors (Lipinski definition) is 8. The van der Waals surface area contributed by atoms with Crippen LogP contribution in [0.15, 0.2) is 36.8 Å². The van der Waals surface area contributed by atoms with Crippen LogP contribution in [0.2, 0.25) is 0 Å². The second-order valence-electron chi connectivity index (χ2n) is 12.1. The lowest BCUT2D eigenvalue weighted by atomic mass is 9.66. The Labute approximate surface area is 249 Å². The molecule has 10 heteroatoms. The molecule has 5 rings (SSSR count). The number of nitriles is 1. The number of aromatic nitrogens is 3. The number of piperazine rings is 1. The van der Waals surface area contributed by atoms with Crippen molar-refractivity contribution in [2.24, 2.45) is 23.0 Å². The standard InChI is InChI=1S/C32H44N8O2/c1-5-37-11-13-38(14-12-37)22-32(31(34)41)9-10-39(20-26(32)15-23(3)4)29-8-7-24(18-35-29)28-16-27(42-6-2)21-40-30(28)25(17-33)19-36-40/h7-8,16,18-19,21,23,26H,5-6,9-15,20,22H2,1-4H3,(H2,34,41). The number of ether oxygens (including phenoxy) is 1. The number of nitrogens with zero attached hydrogens (tertiary/aromatic N) is 7.